The molecule has 0 unspecified atom stereocenters. The van der Waals surface area contributed by atoms with Gasteiger partial charge in [-0.2, -0.15) is 4.98 Å². The highest BCUT2D eigenvalue weighted by Gasteiger charge is 2.23. The van der Waals surface area contributed by atoms with Gasteiger partial charge >= 0.3 is 0 Å². The van der Waals surface area contributed by atoms with E-state index in [1.54, 1.807) is 0 Å². The molecule has 0 radical (unpaired) electrons. The fraction of sp³-hybridized carbons (Fsp3) is 0.500. The first-order valence-electron chi connectivity index (χ1n) is 12.3. The number of para-hydroxylation sites is 1. The molecule has 33 heavy (non-hydrogen) atoms. The topological polar surface area (TPSA) is 53.1 Å². The van der Waals surface area contributed by atoms with Crippen molar-refractivity contribution in [2.45, 2.75) is 78.9 Å². The molecule has 0 atom stereocenters. The molecule has 2 N–H and O–H groups in total. The molecular weight excluding hydrogens is 406 g/mol. The Labute approximate surface area is 199 Å². The van der Waals surface area contributed by atoms with Gasteiger partial charge in [0.25, 0.3) is 0 Å². The molecule has 1 aliphatic carbocycles. The number of benzene rings is 2. The van der Waals surface area contributed by atoms with Gasteiger partial charge in [0.2, 0.25) is 5.95 Å². The Hall–Kier alpha value is -2.66. The summed E-state index contributed by atoms with van der Waals surface area (Å²) in [5.74, 6) is 1.71. The first kappa shape index (κ1) is 23.5. The Balaban J connectivity index is 1.38. The molecule has 0 bridgehead atoms. The quantitative estimate of drug-likeness (QED) is 0.506. The standard InChI is InChI=1S/C28H39N5/c1-17-18(2)20(4)25(21(5)19(17)3)16-29-22-12-14-23(15-13-22)30-28-31-26-11-9-8-10-24(26)27(32-28)33(6)7/h8-11,22-23,29H,12-16H2,1-7H3,(H,30,31,32). The molecule has 0 aliphatic heterocycles. The third-order valence-electron chi connectivity index (χ3n) is 7.79. The lowest BCUT2D eigenvalue weighted by atomic mass is 9.88. The van der Waals surface area contributed by atoms with Crippen molar-refractivity contribution >= 4 is 22.7 Å². The predicted octanol–water partition coefficient (Wildman–Crippen LogP) is 5.75. The van der Waals surface area contributed by atoms with Crippen molar-refractivity contribution < 1.29 is 0 Å². The highest BCUT2D eigenvalue weighted by Crippen LogP contribution is 2.28. The monoisotopic (exact) mass is 445 g/mol. The largest absolute Gasteiger partial charge is 0.362 e. The Morgan fingerprint density at radius 3 is 2.00 bits per heavy atom. The number of hydrogen-bond donors (Lipinski definition) is 2. The average molecular weight is 446 g/mol. The van der Waals surface area contributed by atoms with E-state index in [1.807, 2.05) is 26.2 Å². The fourth-order valence-corrected chi connectivity index (χ4v) is 5.18. The molecule has 0 spiro atoms. The van der Waals surface area contributed by atoms with Gasteiger partial charge in [-0.25, -0.2) is 4.98 Å². The van der Waals surface area contributed by atoms with Gasteiger partial charge < -0.3 is 15.5 Å². The molecule has 1 saturated carbocycles. The summed E-state index contributed by atoms with van der Waals surface area (Å²) in [5, 5.41) is 8.58. The van der Waals surface area contributed by atoms with Crippen LogP contribution in [0.3, 0.4) is 0 Å². The molecule has 2 aromatic carbocycles. The summed E-state index contributed by atoms with van der Waals surface area (Å²) in [6, 6.07) is 9.23. The van der Waals surface area contributed by atoms with Crippen LogP contribution in [0, 0.1) is 34.6 Å². The third-order valence-corrected chi connectivity index (χ3v) is 7.79. The van der Waals surface area contributed by atoms with Crippen molar-refractivity contribution in [3.05, 3.63) is 57.6 Å². The second-order valence-electron chi connectivity index (χ2n) is 9.96. The molecule has 176 valence electrons. The van der Waals surface area contributed by atoms with E-state index in [0.717, 1.165) is 42.1 Å². The molecule has 0 amide bonds. The normalized spacial score (nSPS) is 18.5. The number of anilines is 2. The van der Waals surface area contributed by atoms with E-state index < -0.39 is 0 Å². The summed E-state index contributed by atoms with van der Waals surface area (Å²) in [6.45, 7) is 12.3. The Bertz CT molecular complexity index is 1110. The van der Waals surface area contributed by atoms with Crippen LogP contribution in [-0.4, -0.2) is 36.1 Å². The second-order valence-corrected chi connectivity index (χ2v) is 9.96. The van der Waals surface area contributed by atoms with Gasteiger partial charge in [0.1, 0.15) is 5.82 Å². The zero-order valence-corrected chi connectivity index (χ0v) is 21.3. The van der Waals surface area contributed by atoms with Crippen LogP contribution in [0.25, 0.3) is 10.9 Å². The van der Waals surface area contributed by atoms with Crippen molar-refractivity contribution in [1.29, 1.82) is 0 Å². The third kappa shape index (κ3) is 4.84. The minimum Gasteiger partial charge on any atom is -0.362 e. The van der Waals surface area contributed by atoms with Gasteiger partial charge in [0.05, 0.1) is 5.52 Å². The van der Waals surface area contributed by atoms with E-state index in [2.05, 4.69) is 62.3 Å². The lowest BCUT2D eigenvalue weighted by Gasteiger charge is -2.30. The van der Waals surface area contributed by atoms with Crippen LogP contribution in [0.15, 0.2) is 24.3 Å². The zero-order valence-electron chi connectivity index (χ0n) is 21.3. The predicted molar refractivity (Wildman–Crippen MR) is 140 cm³/mol. The maximum Gasteiger partial charge on any atom is 0.225 e. The minimum absolute atomic E-state index is 0.423. The van der Waals surface area contributed by atoms with Gasteiger partial charge in [0, 0.05) is 38.1 Å². The van der Waals surface area contributed by atoms with Crippen LogP contribution in [0.5, 0.6) is 0 Å². The lowest BCUT2D eigenvalue weighted by molar-refractivity contribution is 0.352. The number of rotatable bonds is 6. The van der Waals surface area contributed by atoms with Gasteiger partial charge in [0.15, 0.2) is 0 Å². The number of nitrogens with zero attached hydrogens (tertiary/aromatic N) is 3. The molecule has 4 rings (SSSR count). The lowest BCUT2D eigenvalue weighted by Crippen LogP contribution is -2.37. The summed E-state index contributed by atoms with van der Waals surface area (Å²) in [6.07, 6.45) is 4.62. The summed E-state index contributed by atoms with van der Waals surface area (Å²) in [4.78, 5) is 11.7. The molecule has 1 heterocycles. The van der Waals surface area contributed by atoms with E-state index in [-0.39, 0.29) is 0 Å². The SMILES string of the molecule is Cc1c(C)c(C)c(CNC2CCC(Nc3nc(N(C)C)c4ccccc4n3)CC2)c(C)c1C. The second kappa shape index (κ2) is 9.68. The Kier molecular flexibility index (Phi) is 6.89. The zero-order chi connectivity index (χ0) is 23.7. The summed E-state index contributed by atoms with van der Waals surface area (Å²) >= 11 is 0. The maximum atomic E-state index is 4.82. The smallest absolute Gasteiger partial charge is 0.225 e. The van der Waals surface area contributed by atoms with E-state index in [4.69, 9.17) is 9.97 Å². The summed E-state index contributed by atoms with van der Waals surface area (Å²) in [7, 11) is 4.08. The molecule has 1 aromatic heterocycles. The molecule has 0 saturated heterocycles. The minimum atomic E-state index is 0.423. The van der Waals surface area contributed by atoms with Crippen molar-refractivity contribution in [2.24, 2.45) is 0 Å². The van der Waals surface area contributed by atoms with E-state index in [1.165, 1.54) is 46.2 Å². The number of nitrogens with one attached hydrogen (secondary N) is 2. The Morgan fingerprint density at radius 2 is 1.36 bits per heavy atom. The van der Waals surface area contributed by atoms with Crippen LogP contribution in [0.1, 0.15) is 59.1 Å². The van der Waals surface area contributed by atoms with Gasteiger partial charge in [-0.05, 0) is 106 Å². The Morgan fingerprint density at radius 1 is 0.788 bits per heavy atom. The molecule has 5 heteroatoms. The van der Waals surface area contributed by atoms with Gasteiger partial charge in [-0.15, -0.1) is 0 Å². The van der Waals surface area contributed by atoms with Crippen molar-refractivity contribution in [3.63, 3.8) is 0 Å². The van der Waals surface area contributed by atoms with E-state index in [9.17, 15) is 0 Å². The van der Waals surface area contributed by atoms with Crippen LogP contribution < -0.4 is 15.5 Å². The van der Waals surface area contributed by atoms with Crippen molar-refractivity contribution in [1.82, 2.24) is 15.3 Å². The molecule has 5 nitrogen and oxygen atoms in total. The highest BCUT2D eigenvalue weighted by molar-refractivity contribution is 5.90. The van der Waals surface area contributed by atoms with Crippen LogP contribution in [0.2, 0.25) is 0 Å². The van der Waals surface area contributed by atoms with Crippen molar-refractivity contribution in [2.75, 3.05) is 24.3 Å². The van der Waals surface area contributed by atoms with Gasteiger partial charge in [-0.3, -0.25) is 0 Å². The van der Waals surface area contributed by atoms with Crippen LogP contribution >= 0.6 is 0 Å². The van der Waals surface area contributed by atoms with E-state index >= 15 is 0 Å². The fourth-order valence-electron chi connectivity index (χ4n) is 5.18. The van der Waals surface area contributed by atoms with Crippen LogP contribution in [-0.2, 0) is 6.54 Å². The first-order chi connectivity index (χ1) is 15.8. The molecule has 1 fully saturated rings. The maximum absolute atomic E-state index is 4.82. The van der Waals surface area contributed by atoms with Crippen LogP contribution in [0.4, 0.5) is 11.8 Å². The molecule has 3 aromatic rings. The van der Waals surface area contributed by atoms with Crippen molar-refractivity contribution in [3.8, 4) is 0 Å². The number of aromatic nitrogens is 2. The highest BCUT2D eigenvalue weighted by atomic mass is 15.2. The summed E-state index contributed by atoms with van der Waals surface area (Å²) < 4.78 is 0. The molecular formula is C28H39N5. The first-order valence-corrected chi connectivity index (χ1v) is 12.3. The number of hydrogen-bond acceptors (Lipinski definition) is 5. The number of fused-ring (bicyclic) bond motifs is 1. The van der Waals surface area contributed by atoms with E-state index in [0.29, 0.717) is 12.1 Å². The molecule has 1 aliphatic rings. The summed E-state index contributed by atoms with van der Waals surface area (Å²) in [5.41, 5.74) is 9.69. The van der Waals surface area contributed by atoms with Gasteiger partial charge in [-0.1, -0.05) is 12.1 Å². The average Bonchev–Trinajstić information content (AvgIpc) is 2.82.